The second-order valence-electron chi connectivity index (χ2n) is 7.81. The number of rotatable bonds is 7. The molecule has 0 aliphatic carbocycles. The summed E-state index contributed by atoms with van der Waals surface area (Å²) in [5.41, 5.74) is 2.83. The van der Waals surface area contributed by atoms with Gasteiger partial charge in [-0.3, -0.25) is 4.79 Å². The van der Waals surface area contributed by atoms with Crippen molar-refractivity contribution in [3.8, 4) is 11.5 Å². The Hall–Kier alpha value is -3.87. The van der Waals surface area contributed by atoms with Crippen LogP contribution in [0, 0.1) is 19.7 Å². The van der Waals surface area contributed by atoms with E-state index in [1.165, 1.54) is 24.3 Å². The maximum absolute atomic E-state index is 12.9. The number of hydrogen-bond acceptors (Lipinski definition) is 5. The van der Waals surface area contributed by atoms with E-state index in [2.05, 4.69) is 0 Å². The smallest absolute Gasteiger partial charge is 0.331 e. The van der Waals surface area contributed by atoms with Crippen molar-refractivity contribution in [2.45, 2.75) is 26.5 Å². The zero-order chi connectivity index (χ0) is 23.4. The molecule has 0 fully saturated rings. The standard InChI is InChI=1S/C26H24FNO5/c1-17-13-22(23(29)16-32-26(30)12-9-19-7-10-20(27)11-8-19)18(2)28(17)14-21-15-31-24-5-3-4-6-25(24)33-21/h3-13,21H,14-16H2,1-2H3. The first kappa shape index (κ1) is 22.3. The quantitative estimate of drug-likeness (QED) is 0.301. The molecule has 0 spiro atoms. The Morgan fingerprint density at radius 3 is 2.61 bits per heavy atom. The number of nitrogens with zero attached hydrogens (tertiary/aromatic N) is 1. The molecule has 0 radical (unpaired) electrons. The van der Waals surface area contributed by atoms with Gasteiger partial charge in [-0.15, -0.1) is 0 Å². The number of carbonyl (C=O) groups excluding carboxylic acids is 2. The fourth-order valence-electron chi connectivity index (χ4n) is 3.72. The number of ketones is 1. The van der Waals surface area contributed by atoms with Crippen LogP contribution in [-0.4, -0.2) is 35.6 Å². The van der Waals surface area contributed by atoms with E-state index >= 15 is 0 Å². The maximum Gasteiger partial charge on any atom is 0.331 e. The van der Waals surface area contributed by atoms with E-state index in [-0.39, 0.29) is 24.3 Å². The summed E-state index contributed by atoms with van der Waals surface area (Å²) >= 11 is 0. The number of fused-ring (bicyclic) bond motifs is 1. The number of aromatic nitrogens is 1. The molecular weight excluding hydrogens is 425 g/mol. The van der Waals surface area contributed by atoms with Crippen molar-refractivity contribution >= 4 is 17.8 Å². The van der Waals surface area contributed by atoms with Crippen LogP contribution >= 0.6 is 0 Å². The van der Waals surface area contributed by atoms with Gasteiger partial charge in [0.15, 0.2) is 24.2 Å². The molecule has 33 heavy (non-hydrogen) atoms. The molecule has 2 heterocycles. The van der Waals surface area contributed by atoms with Crippen LogP contribution in [0.2, 0.25) is 0 Å². The summed E-state index contributed by atoms with van der Waals surface area (Å²) in [4.78, 5) is 24.7. The van der Waals surface area contributed by atoms with Crippen LogP contribution in [0.4, 0.5) is 4.39 Å². The number of esters is 1. The molecule has 6 nitrogen and oxygen atoms in total. The number of benzene rings is 2. The van der Waals surface area contributed by atoms with Crippen molar-refractivity contribution in [2.24, 2.45) is 0 Å². The first-order valence-corrected chi connectivity index (χ1v) is 10.6. The monoisotopic (exact) mass is 449 g/mol. The van der Waals surface area contributed by atoms with Gasteiger partial charge in [0.1, 0.15) is 12.4 Å². The molecule has 0 amide bonds. The summed E-state index contributed by atoms with van der Waals surface area (Å²) < 4.78 is 31.9. The summed E-state index contributed by atoms with van der Waals surface area (Å²) in [6, 6.07) is 15.0. The normalized spacial score (nSPS) is 14.9. The number of carbonyl (C=O) groups is 2. The number of Topliss-reactive ketones (excluding diaryl/α,β-unsaturated/α-hetero) is 1. The average Bonchev–Trinajstić information content (AvgIpc) is 3.10. The largest absolute Gasteiger partial charge is 0.486 e. The molecular formula is C26H24FNO5. The number of ether oxygens (including phenoxy) is 3. The van der Waals surface area contributed by atoms with Crippen molar-refractivity contribution in [3.63, 3.8) is 0 Å². The minimum absolute atomic E-state index is 0.193. The number of para-hydroxylation sites is 2. The first-order chi connectivity index (χ1) is 15.9. The van der Waals surface area contributed by atoms with E-state index in [0.717, 1.165) is 17.1 Å². The molecule has 0 saturated heterocycles. The highest BCUT2D eigenvalue weighted by atomic mass is 19.1. The van der Waals surface area contributed by atoms with Gasteiger partial charge in [0.25, 0.3) is 0 Å². The molecule has 1 aromatic heterocycles. The third-order valence-electron chi connectivity index (χ3n) is 5.46. The van der Waals surface area contributed by atoms with E-state index in [9.17, 15) is 14.0 Å². The molecule has 1 atom stereocenters. The van der Waals surface area contributed by atoms with E-state index in [4.69, 9.17) is 14.2 Å². The van der Waals surface area contributed by atoms with E-state index in [0.29, 0.717) is 30.0 Å². The minimum Gasteiger partial charge on any atom is -0.486 e. The van der Waals surface area contributed by atoms with E-state index < -0.39 is 5.97 Å². The molecule has 170 valence electrons. The van der Waals surface area contributed by atoms with Crippen molar-refractivity contribution in [2.75, 3.05) is 13.2 Å². The van der Waals surface area contributed by atoms with Crippen LogP contribution in [-0.2, 0) is 16.1 Å². The fraction of sp³-hybridized carbons (Fsp3) is 0.231. The molecule has 1 aliphatic rings. The molecule has 1 unspecified atom stereocenters. The number of halogens is 1. The Labute approximate surface area is 191 Å². The number of hydrogen-bond donors (Lipinski definition) is 0. The summed E-state index contributed by atoms with van der Waals surface area (Å²) in [5.74, 6) is 0.135. The third kappa shape index (κ3) is 5.31. The zero-order valence-corrected chi connectivity index (χ0v) is 18.4. The van der Waals surface area contributed by atoms with Crippen LogP contribution in [0.3, 0.4) is 0 Å². The first-order valence-electron chi connectivity index (χ1n) is 10.6. The SMILES string of the molecule is Cc1cc(C(=O)COC(=O)C=Cc2ccc(F)cc2)c(C)n1CC1COc2ccccc2O1. The Bertz CT molecular complexity index is 1200. The van der Waals surface area contributed by atoms with Gasteiger partial charge < -0.3 is 18.8 Å². The molecule has 3 aromatic rings. The molecule has 2 aromatic carbocycles. The molecule has 0 N–H and O–H groups in total. The second-order valence-corrected chi connectivity index (χ2v) is 7.81. The van der Waals surface area contributed by atoms with Crippen LogP contribution < -0.4 is 9.47 Å². The van der Waals surface area contributed by atoms with Crippen molar-refractivity contribution < 1.29 is 28.2 Å². The van der Waals surface area contributed by atoms with E-state index in [1.807, 2.05) is 42.7 Å². The average molecular weight is 449 g/mol. The lowest BCUT2D eigenvalue weighted by Crippen LogP contribution is -2.33. The van der Waals surface area contributed by atoms with Gasteiger partial charge in [0.05, 0.1) is 6.54 Å². The fourth-order valence-corrected chi connectivity index (χ4v) is 3.72. The highest BCUT2D eigenvalue weighted by Crippen LogP contribution is 2.31. The van der Waals surface area contributed by atoms with Gasteiger partial charge in [-0.25, -0.2) is 9.18 Å². The lowest BCUT2D eigenvalue weighted by atomic mass is 10.1. The van der Waals surface area contributed by atoms with Gasteiger partial charge in [-0.05, 0) is 55.8 Å². The Balaban J connectivity index is 1.35. The molecule has 1 aliphatic heterocycles. The van der Waals surface area contributed by atoms with Gasteiger partial charge >= 0.3 is 5.97 Å². The van der Waals surface area contributed by atoms with Crippen molar-refractivity contribution in [1.82, 2.24) is 4.57 Å². The summed E-state index contributed by atoms with van der Waals surface area (Å²) in [6.45, 7) is 4.34. The predicted molar refractivity (Wildman–Crippen MR) is 121 cm³/mol. The second kappa shape index (κ2) is 9.73. The van der Waals surface area contributed by atoms with Crippen molar-refractivity contribution in [1.29, 1.82) is 0 Å². The Morgan fingerprint density at radius 2 is 1.85 bits per heavy atom. The molecule has 0 saturated carbocycles. The topological polar surface area (TPSA) is 66.8 Å². The van der Waals surface area contributed by atoms with E-state index in [1.54, 1.807) is 18.2 Å². The van der Waals surface area contributed by atoms with Gasteiger partial charge in [-0.1, -0.05) is 24.3 Å². The van der Waals surface area contributed by atoms with Crippen molar-refractivity contribution in [3.05, 3.63) is 89.0 Å². The lowest BCUT2D eigenvalue weighted by molar-refractivity contribution is -0.136. The van der Waals surface area contributed by atoms with Gasteiger partial charge in [0.2, 0.25) is 5.78 Å². The molecule has 0 bridgehead atoms. The Morgan fingerprint density at radius 1 is 1.12 bits per heavy atom. The third-order valence-corrected chi connectivity index (χ3v) is 5.46. The van der Waals surface area contributed by atoms with Gasteiger partial charge in [-0.2, -0.15) is 0 Å². The maximum atomic E-state index is 12.9. The zero-order valence-electron chi connectivity index (χ0n) is 18.4. The highest BCUT2D eigenvalue weighted by Gasteiger charge is 2.24. The molecule has 4 rings (SSSR count). The predicted octanol–water partition coefficient (Wildman–Crippen LogP) is 4.52. The van der Waals surface area contributed by atoms with Gasteiger partial charge in [0, 0.05) is 23.0 Å². The highest BCUT2D eigenvalue weighted by molar-refractivity contribution is 6.00. The minimum atomic E-state index is -0.645. The van der Waals surface area contributed by atoms with Crippen LogP contribution in [0.5, 0.6) is 11.5 Å². The lowest BCUT2D eigenvalue weighted by Gasteiger charge is -2.27. The molecule has 7 heteroatoms. The summed E-state index contributed by atoms with van der Waals surface area (Å²) in [6.07, 6.45) is 2.52. The van der Waals surface area contributed by atoms with Crippen LogP contribution in [0.1, 0.15) is 27.3 Å². The summed E-state index contributed by atoms with van der Waals surface area (Å²) in [7, 11) is 0. The summed E-state index contributed by atoms with van der Waals surface area (Å²) in [5, 5.41) is 0. The van der Waals surface area contributed by atoms with Crippen LogP contribution in [0.15, 0.2) is 60.7 Å². The number of aryl methyl sites for hydroxylation is 1. The Kier molecular flexibility index (Phi) is 6.58. The van der Waals surface area contributed by atoms with Crippen LogP contribution in [0.25, 0.3) is 6.08 Å².